The van der Waals surface area contributed by atoms with Crippen molar-refractivity contribution in [2.75, 3.05) is 0 Å². The molecule has 1 saturated carbocycles. The molecule has 1 heterocycles. The van der Waals surface area contributed by atoms with Gasteiger partial charge in [0.1, 0.15) is 0 Å². The molecule has 1 unspecified atom stereocenters. The lowest BCUT2D eigenvalue weighted by atomic mass is 9.95. The minimum atomic E-state index is 0.779. The highest BCUT2D eigenvalue weighted by molar-refractivity contribution is 7.27. The predicted octanol–water partition coefficient (Wildman–Crippen LogP) is 2.49. The number of aromatic nitrogens is 1. The normalized spacial score (nSPS) is 19.8. The first-order valence-corrected chi connectivity index (χ1v) is 5.38. The van der Waals surface area contributed by atoms with Crippen molar-refractivity contribution >= 4 is 14.7 Å². The van der Waals surface area contributed by atoms with E-state index in [1.165, 1.54) is 37.5 Å². The van der Waals surface area contributed by atoms with E-state index >= 15 is 0 Å². The highest BCUT2D eigenvalue weighted by Gasteiger charge is 2.14. The molecule has 0 bridgehead atoms. The van der Waals surface area contributed by atoms with Crippen LogP contribution in [0, 0.1) is 0 Å². The van der Waals surface area contributed by atoms with Gasteiger partial charge < -0.3 is 4.57 Å². The third-order valence-corrected chi connectivity index (χ3v) is 3.27. The Morgan fingerprint density at radius 2 is 2.00 bits per heavy atom. The quantitative estimate of drug-likeness (QED) is 0.586. The Morgan fingerprint density at radius 3 is 2.58 bits per heavy atom. The average Bonchev–Trinajstić information content (AvgIpc) is 2.53. The molecule has 2 rings (SSSR count). The fourth-order valence-corrected chi connectivity index (χ4v) is 2.51. The fraction of sp³-hybridized carbons (Fsp3) is 0.600. The van der Waals surface area contributed by atoms with Crippen LogP contribution >= 0.6 is 9.24 Å². The summed E-state index contributed by atoms with van der Waals surface area (Å²) in [4.78, 5) is 0. The molecule has 1 atom stereocenters. The third kappa shape index (κ3) is 1.56. The summed E-state index contributed by atoms with van der Waals surface area (Å²) < 4.78 is 2.41. The van der Waals surface area contributed by atoms with Gasteiger partial charge in [-0.3, -0.25) is 0 Å². The molecule has 1 aliphatic rings. The Labute approximate surface area is 76.4 Å². The third-order valence-electron chi connectivity index (χ3n) is 2.78. The van der Waals surface area contributed by atoms with E-state index in [1.54, 1.807) is 0 Å². The molecule has 0 N–H and O–H groups in total. The average molecular weight is 181 g/mol. The second-order valence-electron chi connectivity index (χ2n) is 3.63. The molecule has 1 aromatic heterocycles. The zero-order valence-electron chi connectivity index (χ0n) is 7.37. The number of nitrogens with zero attached hydrogens (tertiary/aromatic N) is 1. The zero-order valence-corrected chi connectivity index (χ0v) is 8.52. The van der Waals surface area contributed by atoms with Crippen molar-refractivity contribution in [1.82, 2.24) is 4.57 Å². The first-order valence-electron chi connectivity index (χ1n) is 4.80. The minimum Gasteiger partial charge on any atom is -0.345 e. The van der Waals surface area contributed by atoms with Gasteiger partial charge >= 0.3 is 0 Å². The van der Waals surface area contributed by atoms with Crippen LogP contribution in [0.25, 0.3) is 0 Å². The Morgan fingerprint density at radius 1 is 1.25 bits per heavy atom. The van der Waals surface area contributed by atoms with E-state index in [0.29, 0.717) is 0 Å². The summed E-state index contributed by atoms with van der Waals surface area (Å²) in [6.07, 6.45) is 9.20. The highest BCUT2D eigenvalue weighted by atomic mass is 31.0. The van der Waals surface area contributed by atoms with Gasteiger partial charge in [0.05, 0.1) is 0 Å². The largest absolute Gasteiger partial charge is 0.345 e. The summed E-state index contributed by atoms with van der Waals surface area (Å²) in [5, 5.41) is 0. The lowest BCUT2D eigenvalue weighted by Gasteiger charge is -2.24. The van der Waals surface area contributed by atoms with Crippen LogP contribution in [0.15, 0.2) is 18.3 Å². The Hall–Kier alpha value is -0.290. The molecule has 0 amide bonds. The molecule has 1 aromatic rings. The number of rotatable bonds is 1. The van der Waals surface area contributed by atoms with E-state index in [1.807, 2.05) is 0 Å². The van der Waals surface area contributed by atoms with E-state index in [0.717, 1.165) is 6.04 Å². The maximum absolute atomic E-state index is 2.81. The molecule has 0 saturated heterocycles. The van der Waals surface area contributed by atoms with E-state index in [9.17, 15) is 0 Å². The van der Waals surface area contributed by atoms with Crippen LogP contribution < -0.4 is 5.44 Å². The van der Waals surface area contributed by atoms with Gasteiger partial charge in [0.15, 0.2) is 0 Å². The second-order valence-corrected chi connectivity index (χ2v) is 4.22. The summed E-state index contributed by atoms with van der Waals surface area (Å²) in [6.45, 7) is 0. The van der Waals surface area contributed by atoms with Gasteiger partial charge in [-0.15, -0.1) is 0 Å². The number of hydrogen-bond donors (Lipinski definition) is 0. The molecule has 2 heteroatoms. The van der Waals surface area contributed by atoms with Crippen LogP contribution in [0.1, 0.15) is 38.1 Å². The van der Waals surface area contributed by atoms with Crippen LogP contribution in [0.5, 0.6) is 0 Å². The lowest BCUT2D eigenvalue weighted by Crippen LogP contribution is -2.18. The molecular weight excluding hydrogens is 165 g/mol. The zero-order chi connectivity index (χ0) is 8.39. The Bertz CT molecular complexity index is 248. The van der Waals surface area contributed by atoms with Crippen molar-refractivity contribution < 1.29 is 0 Å². The molecule has 0 aliphatic heterocycles. The van der Waals surface area contributed by atoms with E-state index < -0.39 is 0 Å². The van der Waals surface area contributed by atoms with Crippen LogP contribution in [-0.2, 0) is 0 Å². The van der Waals surface area contributed by atoms with Crippen molar-refractivity contribution in [3.63, 3.8) is 0 Å². The van der Waals surface area contributed by atoms with E-state index in [4.69, 9.17) is 0 Å². The lowest BCUT2D eigenvalue weighted by molar-refractivity contribution is 0.359. The minimum absolute atomic E-state index is 0.779. The maximum Gasteiger partial charge on any atom is 0.0349 e. The molecule has 1 fully saturated rings. The maximum atomic E-state index is 2.81. The molecule has 0 aromatic carbocycles. The summed E-state index contributed by atoms with van der Waals surface area (Å²) in [5.74, 6) is 0. The van der Waals surface area contributed by atoms with Gasteiger partial charge in [0.2, 0.25) is 0 Å². The van der Waals surface area contributed by atoms with Crippen molar-refractivity contribution in [1.29, 1.82) is 0 Å². The summed E-state index contributed by atoms with van der Waals surface area (Å²) in [7, 11) is 2.81. The first kappa shape index (κ1) is 8.31. The summed E-state index contributed by atoms with van der Waals surface area (Å²) >= 11 is 0. The topological polar surface area (TPSA) is 4.93 Å². The van der Waals surface area contributed by atoms with Gasteiger partial charge in [-0.2, -0.15) is 0 Å². The fourth-order valence-electron chi connectivity index (χ4n) is 2.10. The summed E-state index contributed by atoms with van der Waals surface area (Å²) in [6, 6.07) is 5.08. The van der Waals surface area contributed by atoms with Crippen LogP contribution in [0.3, 0.4) is 0 Å². The molecule has 66 valence electrons. The van der Waals surface area contributed by atoms with Gasteiger partial charge in [-0.05, 0) is 25.0 Å². The second kappa shape index (κ2) is 3.62. The molecule has 0 radical (unpaired) electrons. The smallest absolute Gasteiger partial charge is 0.0349 e. The van der Waals surface area contributed by atoms with Crippen LogP contribution in [-0.4, -0.2) is 4.57 Å². The van der Waals surface area contributed by atoms with Crippen molar-refractivity contribution in [2.45, 2.75) is 38.1 Å². The Kier molecular flexibility index (Phi) is 2.51. The van der Waals surface area contributed by atoms with Crippen molar-refractivity contribution in [2.24, 2.45) is 0 Å². The Balaban J connectivity index is 2.13. The van der Waals surface area contributed by atoms with E-state index in [-0.39, 0.29) is 0 Å². The monoisotopic (exact) mass is 181 g/mol. The number of hydrogen-bond acceptors (Lipinski definition) is 0. The van der Waals surface area contributed by atoms with E-state index in [2.05, 4.69) is 32.1 Å². The molecule has 12 heavy (non-hydrogen) atoms. The predicted molar refractivity (Wildman–Crippen MR) is 55.9 cm³/mol. The van der Waals surface area contributed by atoms with Gasteiger partial charge in [-0.25, -0.2) is 0 Å². The van der Waals surface area contributed by atoms with Gasteiger partial charge in [-0.1, -0.05) is 28.5 Å². The van der Waals surface area contributed by atoms with Crippen LogP contribution in [0.4, 0.5) is 0 Å². The molecule has 1 aliphatic carbocycles. The standard InChI is InChI=1S/C10H16NP/c12-10-7-4-8-11(10)9-5-2-1-3-6-9/h4,7-9H,1-3,5-6,12H2. The first-order chi connectivity index (χ1) is 5.88. The molecule has 1 nitrogen and oxygen atoms in total. The molecule has 0 spiro atoms. The van der Waals surface area contributed by atoms with Gasteiger partial charge in [0.25, 0.3) is 0 Å². The van der Waals surface area contributed by atoms with Crippen molar-refractivity contribution in [3.8, 4) is 0 Å². The SMILES string of the molecule is Pc1cccn1C1CCCCC1. The van der Waals surface area contributed by atoms with Crippen molar-refractivity contribution in [3.05, 3.63) is 18.3 Å². The van der Waals surface area contributed by atoms with Gasteiger partial charge in [0, 0.05) is 17.7 Å². The summed E-state index contributed by atoms with van der Waals surface area (Å²) in [5.41, 5.74) is 1.34. The highest BCUT2D eigenvalue weighted by Crippen LogP contribution is 2.27. The molecular formula is C10H16NP. The van der Waals surface area contributed by atoms with Crippen LogP contribution in [0.2, 0.25) is 0 Å².